The van der Waals surface area contributed by atoms with Crippen LogP contribution in [0.3, 0.4) is 0 Å². The Bertz CT molecular complexity index is 691. The molecule has 0 radical (unpaired) electrons. The first kappa shape index (κ1) is 12.8. The molecule has 0 aliphatic carbocycles. The highest BCUT2D eigenvalue weighted by atomic mass is 32.2. The lowest BCUT2D eigenvalue weighted by Crippen LogP contribution is -2.11. The van der Waals surface area contributed by atoms with Crippen LogP contribution in [-0.2, 0) is 10.0 Å². The van der Waals surface area contributed by atoms with Gasteiger partial charge in [-0.2, -0.15) is 0 Å². The van der Waals surface area contributed by atoms with E-state index in [1.165, 1.54) is 11.6 Å². The largest absolute Gasteiger partial charge is 0.238 e. The average molecular weight is 261 g/mol. The number of primary sulfonamides is 1. The van der Waals surface area contributed by atoms with Gasteiger partial charge >= 0.3 is 0 Å². The average Bonchev–Trinajstić information content (AvgIpc) is 2.32. The first-order valence-electron chi connectivity index (χ1n) is 5.59. The Labute approximate surface area is 107 Å². The van der Waals surface area contributed by atoms with Gasteiger partial charge in [-0.25, -0.2) is 13.6 Å². The van der Waals surface area contributed by atoms with Crippen molar-refractivity contribution in [3.8, 4) is 11.1 Å². The fraction of sp³-hybridized carbons (Fsp3) is 0.143. The van der Waals surface area contributed by atoms with E-state index in [1.54, 1.807) is 12.1 Å². The van der Waals surface area contributed by atoms with Crippen LogP contribution in [0.15, 0.2) is 47.4 Å². The van der Waals surface area contributed by atoms with Crippen LogP contribution in [0.5, 0.6) is 0 Å². The van der Waals surface area contributed by atoms with Crippen LogP contribution < -0.4 is 5.14 Å². The standard InChI is InChI=1S/C14H15NO2S/c1-10-5-3-8-14(11(10)2)12-6-4-7-13(9-12)18(15,16)17/h3-9H,1-2H3,(H2,15,16,17). The molecule has 0 fully saturated rings. The van der Waals surface area contributed by atoms with E-state index < -0.39 is 10.0 Å². The van der Waals surface area contributed by atoms with E-state index in [2.05, 4.69) is 0 Å². The van der Waals surface area contributed by atoms with E-state index in [9.17, 15) is 8.42 Å². The molecule has 0 aliphatic rings. The van der Waals surface area contributed by atoms with E-state index in [4.69, 9.17) is 5.14 Å². The van der Waals surface area contributed by atoms with Crippen molar-refractivity contribution in [2.75, 3.05) is 0 Å². The van der Waals surface area contributed by atoms with Gasteiger partial charge in [0.25, 0.3) is 0 Å². The fourth-order valence-corrected chi connectivity index (χ4v) is 2.46. The van der Waals surface area contributed by atoms with Crippen LogP contribution in [0.25, 0.3) is 11.1 Å². The van der Waals surface area contributed by atoms with Gasteiger partial charge in [-0.05, 0) is 48.2 Å². The van der Waals surface area contributed by atoms with Crippen molar-refractivity contribution in [2.45, 2.75) is 18.7 Å². The van der Waals surface area contributed by atoms with Crippen molar-refractivity contribution in [2.24, 2.45) is 5.14 Å². The van der Waals surface area contributed by atoms with Crippen LogP contribution in [-0.4, -0.2) is 8.42 Å². The molecule has 0 aromatic heterocycles. The molecule has 0 saturated carbocycles. The molecule has 2 aromatic rings. The summed E-state index contributed by atoms with van der Waals surface area (Å²) in [6, 6.07) is 12.7. The number of hydrogen-bond acceptors (Lipinski definition) is 2. The van der Waals surface area contributed by atoms with Crippen molar-refractivity contribution in [1.82, 2.24) is 0 Å². The number of nitrogens with two attached hydrogens (primary N) is 1. The van der Waals surface area contributed by atoms with Gasteiger partial charge < -0.3 is 0 Å². The van der Waals surface area contributed by atoms with Gasteiger partial charge in [0, 0.05) is 0 Å². The highest BCUT2D eigenvalue weighted by Gasteiger charge is 2.10. The monoisotopic (exact) mass is 261 g/mol. The van der Waals surface area contributed by atoms with Crippen molar-refractivity contribution < 1.29 is 8.42 Å². The third kappa shape index (κ3) is 2.44. The molecule has 2 rings (SSSR count). The minimum atomic E-state index is -3.66. The molecule has 0 aliphatic heterocycles. The van der Waals surface area contributed by atoms with E-state index >= 15 is 0 Å². The zero-order valence-corrected chi connectivity index (χ0v) is 11.2. The highest BCUT2D eigenvalue weighted by molar-refractivity contribution is 7.89. The molecule has 0 unspecified atom stereocenters. The van der Waals surface area contributed by atoms with Crippen LogP contribution >= 0.6 is 0 Å². The lowest BCUT2D eigenvalue weighted by atomic mass is 9.97. The van der Waals surface area contributed by atoms with Crippen LogP contribution in [0.1, 0.15) is 11.1 Å². The number of rotatable bonds is 2. The van der Waals surface area contributed by atoms with Crippen molar-refractivity contribution in [3.63, 3.8) is 0 Å². The van der Waals surface area contributed by atoms with Gasteiger partial charge in [-0.3, -0.25) is 0 Å². The topological polar surface area (TPSA) is 60.2 Å². The van der Waals surface area contributed by atoms with Crippen LogP contribution in [0.2, 0.25) is 0 Å². The summed E-state index contributed by atoms with van der Waals surface area (Å²) in [5.41, 5.74) is 4.21. The minimum absolute atomic E-state index is 0.140. The molecule has 0 spiro atoms. The maximum atomic E-state index is 11.3. The zero-order chi connectivity index (χ0) is 13.3. The van der Waals surface area contributed by atoms with Crippen molar-refractivity contribution >= 4 is 10.0 Å². The predicted octanol–water partition coefficient (Wildman–Crippen LogP) is 2.62. The maximum Gasteiger partial charge on any atom is 0.238 e. The SMILES string of the molecule is Cc1cccc(-c2cccc(S(N)(=O)=O)c2)c1C. The summed E-state index contributed by atoms with van der Waals surface area (Å²) in [6.07, 6.45) is 0. The molecule has 3 nitrogen and oxygen atoms in total. The Balaban J connectivity index is 2.62. The van der Waals surface area contributed by atoms with Crippen LogP contribution in [0, 0.1) is 13.8 Å². The summed E-state index contributed by atoms with van der Waals surface area (Å²) in [6.45, 7) is 4.05. The lowest BCUT2D eigenvalue weighted by Gasteiger charge is -2.09. The van der Waals surface area contributed by atoms with Gasteiger partial charge in [0.05, 0.1) is 4.90 Å². The number of sulfonamides is 1. The summed E-state index contributed by atoms with van der Waals surface area (Å²) < 4.78 is 22.7. The molecule has 0 amide bonds. The van der Waals surface area contributed by atoms with E-state index in [-0.39, 0.29) is 4.90 Å². The Morgan fingerprint density at radius 1 is 1.00 bits per heavy atom. The third-order valence-corrected chi connectivity index (χ3v) is 3.99. The van der Waals surface area contributed by atoms with Gasteiger partial charge in [-0.15, -0.1) is 0 Å². The molecule has 0 atom stereocenters. The Morgan fingerprint density at radius 3 is 2.33 bits per heavy atom. The zero-order valence-electron chi connectivity index (χ0n) is 10.3. The van der Waals surface area contributed by atoms with E-state index in [0.717, 1.165) is 16.7 Å². The molecule has 0 heterocycles. The molecular formula is C14H15NO2S. The van der Waals surface area contributed by atoms with E-state index in [1.807, 2.05) is 38.1 Å². The van der Waals surface area contributed by atoms with Crippen molar-refractivity contribution in [1.29, 1.82) is 0 Å². The Hall–Kier alpha value is -1.65. The summed E-state index contributed by atoms with van der Waals surface area (Å²) >= 11 is 0. The molecular weight excluding hydrogens is 246 g/mol. The van der Waals surface area contributed by atoms with Gasteiger partial charge in [0.1, 0.15) is 0 Å². The molecule has 2 N–H and O–H groups in total. The highest BCUT2D eigenvalue weighted by Crippen LogP contribution is 2.26. The molecule has 0 bridgehead atoms. The first-order valence-corrected chi connectivity index (χ1v) is 7.13. The Kier molecular flexibility index (Phi) is 3.24. The maximum absolute atomic E-state index is 11.3. The number of aryl methyl sites for hydroxylation is 1. The minimum Gasteiger partial charge on any atom is -0.225 e. The normalized spacial score (nSPS) is 11.5. The summed E-state index contributed by atoms with van der Waals surface area (Å²) in [4.78, 5) is 0.140. The fourth-order valence-electron chi connectivity index (χ4n) is 1.90. The second-order valence-corrected chi connectivity index (χ2v) is 5.88. The number of hydrogen-bond donors (Lipinski definition) is 1. The van der Waals surface area contributed by atoms with Gasteiger partial charge in [-0.1, -0.05) is 30.3 Å². The van der Waals surface area contributed by atoms with E-state index in [0.29, 0.717) is 0 Å². The van der Waals surface area contributed by atoms with Gasteiger partial charge in [0.15, 0.2) is 0 Å². The van der Waals surface area contributed by atoms with Crippen molar-refractivity contribution in [3.05, 3.63) is 53.6 Å². The third-order valence-electron chi connectivity index (χ3n) is 3.08. The smallest absolute Gasteiger partial charge is 0.225 e. The second-order valence-electron chi connectivity index (χ2n) is 4.32. The molecule has 94 valence electrons. The van der Waals surface area contributed by atoms with Gasteiger partial charge in [0.2, 0.25) is 10.0 Å². The Morgan fingerprint density at radius 2 is 1.67 bits per heavy atom. The molecule has 18 heavy (non-hydrogen) atoms. The quantitative estimate of drug-likeness (QED) is 0.903. The second kappa shape index (κ2) is 4.55. The lowest BCUT2D eigenvalue weighted by molar-refractivity contribution is 0.598. The molecule has 4 heteroatoms. The first-order chi connectivity index (χ1) is 8.39. The summed E-state index contributed by atoms with van der Waals surface area (Å²) in [7, 11) is -3.66. The summed E-state index contributed by atoms with van der Waals surface area (Å²) in [5, 5.41) is 5.14. The predicted molar refractivity (Wildman–Crippen MR) is 72.7 cm³/mol. The van der Waals surface area contributed by atoms with Crippen LogP contribution in [0.4, 0.5) is 0 Å². The number of benzene rings is 2. The molecule has 0 saturated heterocycles. The molecule has 2 aromatic carbocycles. The summed E-state index contributed by atoms with van der Waals surface area (Å²) in [5.74, 6) is 0.